The average molecular weight is 265 g/mol. The molecule has 98 valence electrons. The van der Waals surface area contributed by atoms with Crippen molar-refractivity contribution in [1.29, 1.82) is 0 Å². The van der Waals surface area contributed by atoms with Gasteiger partial charge < -0.3 is 9.84 Å². The van der Waals surface area contributed by atoms with Gasteiger partial charge in [0.25, 0.3) is 0 Å². The topological polar surface area (TPSA) is 59.4 Å². The molecule has 1 N–H and O–H groups in total. The number of phenolic OH excluding ortho intramolecular Hbond substituents is 1. The lowest BCUT2D eigenvalue weighted by atomic mass is 10.1. The number of benzene rings is 1. The van der Waals surface area contributed by atoms with Gasteiger partial charge in [-0.25, -0.2) is 0 Å². The lowest BCUT2D eigenvalue weighted by Crippen LogP contribution is -2.09. The summed E-state index contributed by atoms with van der Waals surface area (Å²) in [5, 5.41) is 9.35. The summed E-state index contributed by atoms with van der Waals surface area (Å²) in [6.45, 7) is -3.06. The van der Waals surface area contributed by atoms with Crippen LogP contribution in [-0.4, -0.2) is 22.5 Å². The van der Waals surface area contributed by atoms with Crippen molar-refractivity contribution in [3.63, 3.8) is 0 Å². The van der Waals surface area contributed by atoms with Gasteiger partial charge in [0.1, 0.15) is 17.2 Å². The van der Waals surface area contributed by atoms with Gasteiger partial charge in [-0.2, -0.15) is 8.78 Å². The summed E-state index contributed by atoms with van der Waals surface area (Å²) in [5.41, 5.74) is -0.0915. The Morgan fingerprint density at radius 1 is 1.26 bits per heavy atom. The molecule has 0 aliphatic carbocycles. The van der Waals surface area contributed by atoms with Crippen LogP contribution in [0.25, 0.3) is 0 Å². The normalized spacial score (nSPS) is 10.5. The summed E-state index contributed by atoms with van der Waals surface area (Å²) in [6, 6.07) is 7.99. The molecule has 0 unspecified atom stereocenters. The summed E-state index contributed by atoms with van der Waals surface area (Å²) in [4.78, 5) is 15.9. The lowest BCUT2D eigenvalue weighted by Gasteiger charge is -2.10. The predicted molar refractivity (Wildman–Crippen MR) is 62.4 cm³/mol. The number of alkyl halides is 2. The van der Waals surface area contributed by atoms with E-state index in [0.717, 1.165) is 18.2 Å². The predicted octanol–water partition coefficient (Wildman–Crippen LogP) is 2.62. The van der Waals surface area contributed by atoms with E-state index in [9.17, 15) is 18.7 Å². The van der Waals surface area contributed by atoms with Crippen LogP contribution in [-0.2, 0) is 0 Å². The first-order chi connectivity index (χ1) is 9.08. The van der Waals surface area contributed by atoms with Crippen molar-refractivity contribution in [3.8, 4) is 11.5 Å². The zero-order valence-electron chi connectivity index (χ0n) is 9.59. The third-order valence-electron chi connectivity index (χ3n) is 2.32. The Balaban J connectivity index is 2.43. The zero-order chi connectivity index (χ0) is 13.8. The fourth-order valence-corrected chi connectivity index (χ4v) is 1.53. The molecular weight excluding hydrogens is 256 g/mol. The molecule has 4 nitrogen and oxygen atoms in total. The zero-order valence-corrected chi connectivity index (χ0v) is 9.59. The number of carbonyl (C=O) groups excluding carboxylic acids is 1. The monoisotopic (exact) mass is 265 g/mol. The quantitative estimate of drug-likeness (QED) is 0.863. The molecule has 6 heteroatoms. The van der Waals surface area contributed by atoms with E-state index in [1.165, 1.54) is 12.3 Å². The number of aromatic hydroxyl groups is 1. The summed E-state index contributed by atoms with van der Waals surface area (Å²) >= 11 is 0. The molecule has 0 saturated carbocycles. The molecule has 0 radical (unpaired) electrons. The highest BCUT2D eigenvalue weighted by Crippen LogP contribution is 2.26. The molecule has 2 rings (SSSR count). The van der Waals surface area contributed by atoms with Gasteiger partial charge in [-0.1, -0.05) is 6.07 Å². The minimum absolute atomic E-state index is 0.0761. The summed E-state index contributed by atoms with van der Waals surface area (Å²) in [6.07, 6.45) is 1.41. The highest BCUT2D eigenvalue weighted by molar-refractivity contribution is 6.09. The number of hydrogen-bond donors (Lipinski definition) is 1. The molecule has 19 heavy (non-hydrogen) atoms. The minimum atomic E-state index is -3.06. The number of aromatic nitrogens is 1. The van der Waals surface area contributed by atoms with Crippen LogP contribution in [0.2, 0.25) is 0 Å². The number of pyridine rings is 1. The largest absolute Gasteiger partial charge is 0.508 e. The molecule has 1 aromatic carbocycles. The number of nitrogens with zero attached hydrogens (tertiary/aromatic N) is 1. The Morgan fingerprint density at radius 2 is 2.05 bits per heavy atom. The van der Waals surface area contributed by atoms with Crippen molar-refractivity contribution in [2.45, 2.75) is 6.61 Å². The standard InChI is InChI=1S/C13H9F2NO3/c14-13(15)19-11-5-4-8(17)7-9(11)12(18)10-3-1-2-6-16-10/h1-7,13,17H. The molecule has 0 aliphatic heterocycles. The van der Waals surface area contributed by atoms with Gasteiger partial charge in [-0.05, 0) is 30.3 Å². The molecule has 0 aliphatic rings. The van der Waals surface area contributed by atoms with E-state index in [2.05, 4.69) is 9.72 Å². The second-order valence-electron chi connectivity index (χ2n) is 3.60. The summed E-state index contributed by atoms with van der Waals surface area (Å²) in [5.74, 6) is -1.13. The number of hydrogen-bond acceptors (Lipinski definition) is 4. The van der Waals surface area contributed by atoms with Crippen LogP contribution < -0.4 is 4.74 Å². The number of ketones is 1. The Labute approximate surface area is 107 Å². The Bertz CT molecular complexity index is 588. The molecule has 0 amide bonds. The van der Waals surface area contributed by atoms with Crippen molar-refractivity contribution in [2.24, 2.45) is 0 Å². The van der Waals surface area contributed by atoms with Gasteiger partial charge in [0.2, 0.25) is 5.78 Å². The SMILES string of the molecule is O=C(c1ccccn1)c1cc(O)ccc1OC(F)F. The van der Waals surface area contributed by atoms with E-state index >= 15 is 0 Å². The van der Waals surface area contributed by atoms with Gasteiger partial charge in [0, 0.05) is 6.20 Å². The number of ether oxygens (including phenoxy) is 1. The summed E-state index contributed by atoms with van der Waals surface area (Å²) < 4.78 is 28.8. The van der Waals surface area contributed by atoms with Crippen LogP contribution in [0.15, 0.2) is 42.6 Å². The second-order valence-corrected chi connectivity index (χ2v) is 3.60. The fraction of sp³-hybridized carbons (Fsp3) is 0.0769. The van der Waals surface area contributed by atoms with Crippen LogP contribution >= 0.6 is 0 Å². The Morgan fingerprint density at radius 3 is 2.68 bits per heavy atom. The summed E-state index contributed by atoms with van der Waals surface area (Å²) in [7, 11) is 0. The van der Waals surface area contributed by atoms with Gasteiger partial charge >= 0.3 is 6.61 Å². The molecule has 0 saturated heterocycles. The van der Waals surface area contributed by atoms with E-state index < -0.39 is 12.4 Å². The van der Waals surface area contributed by atoms with Crippen LogP contribution in [0.4, 0.5) is 8.78 Å². The van der Waals surface area contributed by atoms with Crippen LogP contribution in [0.3, 0.4) is 0 Å². The van der Waals surface area contributed by atoms with E-state index in [1.54, 1.807) is 12.1 Å². The number of halogens is 2. The van der Waals surface area contributed by atoms with Crippen molar-refractivity contribution in [3.05, 3.63) is 53.9 Å². The molecule has 1 aromatic heterocycles. The van der Waals surface area contributed by atoms with Crippen LogP contribution in [0.5, 0.6) is 11.5 Å². The first-order valence-corrected chi connectivity index (χ1v) is 5.31. The Hall–Kier alpha value is -2.50. The van der Waals surface area contributed by atoms with Crippen molar-refractivity contribution in [1.82, 2.24) is 4.98 Å². The second kappa shape index (κ2) is 5.43. The highest BCUT2D eigenvalue weighted by atomic mass is 19.3. The molecule has 2 aromatic rings. The molecule has 1 heterocycles. The minimum Gasteiger partial charge on any atom is -0.508 e. The van der Waals surface area contributed by atoms with Crippen molar-refractivity contribution < 1.29 is 23.4 Å². The maximum atomic E-state index is 12.3. The van der Waals surface area contributed by atoms with Gasteiger partial charge in [-0.15, -0.1) is 0 Å². The molecule has 0 fully saturated rings. The van der Waals surface area contributed by atoms with Gasteiger partial charge in [0.05, 0.1) is 5.56 Å². The maximum Gasteiger partial charge on any atom is 0.387 e. The highest BCUT2D eigenvalue weighted by Gasteiger charge is 2.18. The lowest BCUT2D eigenvalue weighted by molar-refractivity contribution is -0.0501. The first kappa shape index (κ1) is 12.9. The molecule has 0 spiro atoms. The van der Waals surface area contributed by atoms with Crippen molar-refractivity contribution >= 4 is 5.78 Å². The van der Waals surface area contributed by atoms with Gasteiger partial charge in [0.15, 0.2) is 0 Å². The third-order valence-corrected chi connectivity index (χ3v) is 2.32. The van der Waals surface area contributed by atoms with Gasteiger partial charge in [-0.3, -0.25) is 9.78 Å². The molecular formula is C13H9F2NO3. The average Bonchev–Trinajstić information content (AvgIpc) is 2.40. The maximum absolute atomic E-state index is 12.3. The van der Waals surface area contributed by atoms with E-state index in [1.807, 2.05) is 0 Å². The molecule has 0 bridgehead atoms. The Kier molecular flexibility index (Phi) is 3.70. The van der Waals surface area contributed by atoms with Crippen molar-refractivity contribution in [2.75, 3.05) is 0 Å². The number of carbonyl (C=O) groups is 1. The molecule has 0 atom stereocenters. The number of phenols is 1. The van der Waals surface area contributed by atoms with E-state index in [-0.39, 0.29) is 22.8 Å². The first-order valence-electron chi connectivity index (χ1n) is 5.31. The fourth-order valence-electron chi connectivity index (χ4n) is 1.53. The van der Waals surface area contributed by atoms with E-state index in [0.29, 0.717) is 0 Å². The van der Waals surface area contributed by atoms with E-state index in [4.69, 9.17) is 0 Å². The van der Waals surface area contributed by atoms with Crippen LogP contribution in [0, 0.1) is 0 Å². The third kappa shape index (κ3) is 3.04. The smallest absolute Gasteiger partial charge is 0.387 e. The number of rotatable bonds is 4. The van der Waals surface area contributed by atoms with Crippen LogP contribution in [0.1, 0.15) is 16.1 Å².